The summed E-state index contributed by atoms with van der Waals surface area (Å²) in [5.74, 6) is 0.393. The summed E-state index contributed by atoms with van der Waals surface area (Å²) in [6, 6.07) is 3.97. The van der Waals surface area contributed by atoms with Crippen molar-refractivity contribution in [2.45, 2.75) is 20.3 Å². The highest BCUT2D eigenvalue weighted by atomic mass is 16.3. The molecule has 0 amide bonds. The van der Waals surface area contributed by atoms with Crippen molar-refractivity contribution < 1.29 is 5.11 Å². The second-order valence-electron chi connectivity index (χ2n) is 3.28. The van der Waals surface area contributed by atoms with Crippen LogP contribution in [0.3, 0.4) is 0 Å². The van der Waals surface area contributed by atoms with Gasteiger partial charge in [-0.3, -0.25) is 0 Å². The van der Waals surface area contributed by atoms with E-state index in [1.807, 2.05) is 26.0 Å². The maximum Gasteiger partial charge on any atom is 0.121 e. The Balaban J connectivity index is 2.86. The number of hydrogen-bond acceptors (Lipinski definition) is 2. The first-order valence-electron chi connectivity index (χ1n) is 4.37. The number of benzene rings is 1. The highest BCUT2D eigenvalue weighted by Gasteiger charge is 2.02. The Morgan fingerprint density at radius 2 is 1.85 bits per heavy atom. The first-order valence-corrected chi connectivity index (χ1v) is 4.37. The lowest BCUT2D eigenvalue weighted by Crippen LogP contribution is -2.08. The van der Waals surface area contributed by atoms with Crippen LogP contribution in [0.4, 0.5) is 0 Å². The molecule has 13 heavy (non-hydrogen) atoms. The predicted molar refractivity (Wildman–Crippen MR) is 53.6 cm³/mol. The first-order chi connectivity index (χ1) is 6.15. The number of hydrogen-bond donors (Lipinski definition) is 2. The molecule has 2 nitrogen and oxygen atoms in total. The molecule has 0 aliphatic carbocycles. The molecule has 1 rings (SSSR count). The fraction of sp³-hybridized carbons (Fsp3) is 0.364. The first kappa shape index (κ1) is 10.1. The second-order valence-corrected chi connectivity index (χ2v) is 3.28. The van der Waals surface area contributed by atoms with Crippen LogP contribution < -0.4 is 5.32 Å². The van der Waals surface area contributed by atoms with Crippen molar-refractivity contribution in [3.05, 3.63) is 35.9 Å². The van der Waals surface area contributed by atoms with Crippen molar-refractivity contribution in [2.75, 3.05) is 6.54 Å². The molecule has 1 aromatic carbocycles. The number of phenolic OH excluding ortho intramolecular Hbond substituents is 1. The summed E-state index contributed by atoms with van der Waals surface area (Å²) in [5, 5.41) is 12.1. The van der Waals surface area contributed by atoms with E-state index in [0.29, 0.717) is 5.75 Å². The molecule has 0 bridgehead atoms. The molecule has 0 unspecified atom stereocenters. The quantitative estimate of drug-likeness (QED) is 0.690. The molecular weight excluding hydrogens is 162 g/mol. The van der Waals surface area contributed by atoms with Gasteiger partial charge in [-0.1, -0.05) is 12.1 Å². The number of rotatable bonds is 3. The van der Waals surface area contributed by atoms with E-state index in [1.54, 1.807) is 0 Å². The van der Waals surface area contributed by atoms with Gasteiger partial charge in [0.15, 0.2) is 0 Å². The van der Waals surface area contributed by atoms with Crippen LogP contribution in [0.5, 0.6) is 5.75 Å². The monoisotopic (exact) mass is 177 g/mol. The van der Waals surface area contributed by atoms with E-state index in [4.69, 9.17) is 7.05 Å². The maximum absolute atomic E-state index is 9.52. The summed E-state index contributed by atoms with van der Waals surface area (Å²) in [5.41, 5.74) is 3.05. The minimum atomic E-state index is 0.393. The largest absolute Gasteiger partial charge is 0.507 e. The topological polar surface area (TPSA) is 32.3 Å². The van der Waals surface area contributed by atoms with E-state index in [0.717, 1.165) is 24.1 Å². The van der Waals surface area contributed by atoms with Crippen molar-refractivity contribution in [1.82, 2.24) is 5.32 Å². The zero-order valence-corrected chi connectivity index (χ0v) is 8.09. The van der Waals surface area contributed by atoms with Crippen LogP contribution in [0.1, 0.15) is 16.7 Å². The number of aromatic hydroxyl groups is 1. The molecule has 0 spiro atoms. The minimum absolute atomic E-state index is 0.393. The molecule has 0 aliphatic heterocycles. The molecule has 70 valence electrons. The van der Waals surface area contributed by atoms with Crippen LogP contribution in [0, 0.1) is 20.9 Å². The van der Waals surface area contributed by atoms with Crippen molar-refractivity contribution in [3.63, 3.8) is 0 Å². The lowest BCUT2D eigenvalue weighted by Gasteiger charge is -2.07. The Bertz CT molecular complexity index is 271. The molecule has 2 radical (unpaired) electrons. The van der Waals surface area contributed by atoms with Crippen molar-refractivity contribution in [2.24, 2.45) is 0 Å². The van der Waals surface area contributed by atoms with Crippen molar-refractivity contribution in [3.8, 4) is 5.75 Å². The van der Waals surface area contributed by atoms with Gasteiger partial charge in [0.1, 0.15) is 5.75 Å². The van der Waals surface area contributed by atoms with Gasteiger partial charge in [0.25, 0.3) is 0 Å². The number of phenols is 1. The van der Waals surface area contributed by atoms with Crippen molar-refractivity contribution in [1.29, 1.82) is 0 Å². The summed E-state index contributed by atoms with van der Waals surface area (Å²) >= 11 is 0. The van der Waals surface area contributed by atoms with E-state index >= 15 is 0 Å². The summed E-state index contributed by atoms with van der Waals surface area (Å²) in [6.45, 7) is 4.56. The van der Waals surface area contributed by atoms with Crippen LogP contribution in [0.2, 0.25) is 0 Å². The molecule has 0 saturated carbocycles. The molecular formula is C11H15NO. The Labute approximate surface area is 79.6 Å². The van der Waals surface area contributed by atoms with E-state index in [1.165, 1.54) is 5.56 Å². The molecule has 2 heteroatoms. The highest BCUT2D eigenvalue weighted by molar-refractivity contribution is 5.42. The van der Waals surface area contributed by atoms with E-state index < -0.39 is 0 Å². The summed E-state index contributed by atoms with van der Waals surface area (Å²) < 4.78 is 0. The summed E-state index contributed by atoms with van der Waals surface area (Å²) in [4.78, 5) is 0. The molecule has 0 aliphatic rings. The van der Waals surface area contributed by atoms with Crippen LogP contribution in [-0.4, -0.2) is 11.7 Å². The molecule has 2 N–H and O–H groups in total. The lowest BCUT2D eigenvalue weighted by molar-refractivity contribution is 0.466. The van der Waals surface area contributed by atoms with Crippen LogP contribution in [-0.2, 0) is 6.42 Å². The van der Waals surface area contributed by atoms with Gasteiger partial charge >= 0.3 is 0 Å². The van der Waals surface area contributed by atoms with Crippen molar-refractivity contribution >= 4 is 0 Å². The van der Waals surface area contributed by atoms with E-state index in [2.05, 4.69) is 5.32 Å². The minimum Gasteiger partial charge on any atom is -0.507 e. The number of nitrogens with one attached hydrogen (secondary N) is 1. The van der Waals surface area contributed by atoms with Gasteiger partial charge < -0.3 is 10.4 Å². The average molecular weight is 177 g/mol. The van der Waals surface area contributed by atoms with Gasteiger partial charge in [-0.25, -0.2) is 0 Å². The molecule has 1 aromatic rings. The Hall–Kier alpha value is -1.02. The van der Waals surface area contributed by atoms with Gasteiger partial charge in [-0.15, -0.1) is 0 Å². The van der Waals surface area contributed by atoms with E-state index in [9.17, 15) is 5.11 Å². The third kappa shape index (κ3) is 2.46. The fourth-order valence-electron chi connectivity index (χ4n) is 1.41. The lowest BCUT2D eigenvalue weighted by atomic mass is 10.0. The van der Waals surface area contributed by atoms with Gasteiger partial charge in [0, 0.05) is 7.05 Å². The van der Waals surface area contributed by atoms with Gasteiger partial charge in [0.05, 0.1) is 0 Å². The standard InChI is InChI=1S/C11H15NO/c1-8-6-10(4-5-12-3)7-9(2)11(8)13/h3,6-7,12-13H,4-5H2,1-2H3. The fourth-order valence-corrected chi connectivity index (χ4v) is 1.41. The van der Waals surface area contributed by atoms with Gasteiger partial charge in [-0.05, 0) is 43.5 Å². The molecule has 0 atom stereocenters. The predicted octanol–water partition coefficient (Wildman–Crippen LogP) is 1.81. The molecule has 0 heterocycles. The van der Waals surface area contributed by atoms with Gasteiger partial charge in [-0.2, -0.15) is 0 Å². The second kappa shape index (κ2) is 4.28. The van der Waals surface area contributed by atoms with E-state index in [-0.39, 0.29) is 0 Å². The highest BCUT2D eigenvalue weighted by Crippen LogP contribution is 2.22. The third-order valence-electron chi connectivity index (χ3n) is 2.11. The Morgan fingerprint density at radius 1 is 1.31 bits per heavy atom. The zero-order chi connectivity index (χ0) is 9.84. The summed E-state index contributed by atoms with van der Waals surface area (Å²) in [6.07, 6.45) is 0.887. The molecule has 0 aromatic heterocycles. The SMILES string of the molecule is [CH]NCCc1cc(C)c(O)c(C)c1. The Kier molecular flexibility index (Phi) is 3.32. The molecule has 0 fully saturated rings. The van der Waals surface area contributed by atoms with Crippen LogP contribution in [0.15, 0.2) is 12.1 Å². The van der Waals surface area contributed by atoms with Gasteiger partial charge in [0.2, 0.25) is 0 Å². The molecule has 0 saturated heterocycles. The smallest absolute Gasteiger partial charge is 0.121 e. The normalized spacial score (nSPS) is 10.4. The number of aryl methyl sites for hydroxylation is 2. The summed E-state index contributed by atoms with van der Waals surface area (Å²) in [7, 11) is 5.18. The average Bonchev–Trinajstić information content (AvgIpc) is 2.10. The zero-order valence-electron chi connectivity index (χ0n) is 8.09. The Morgan fingerprint density at radius 3 is 2.31 bits per heavy atom. The van der Waals surface area contributed by atoms with Crippen LogP contribution in [0.25, 0.3) is 0 Å². The third-order valence-corrected chi connectivity index (χ3v) is 2.11. The van der Waals surface area contributed by atoms with Crippen LogP contribution >= 0.6 is 0 Å². The maximum atomic E-state index is 9.52.